The van der Waals surface area contributed by atoms with Crippen molar-refractivity contribution < 1.29 is 28.4 Å². The van der Waals surface area contributed by atoms with Gasteiger partial charge in [0.15, 0.2) is 0 Å². The van der Waals surface area contributed by atoms with Gasteiger partial charge in [0, 0.05) is 13.0 Å². The molecule has 0 radical (unpaired) electrons. The van der Waals surface area contributed by atoms with Crippen LogP contribution >= 0.6 is 7.82 Å². The molecule has 0 saturated carbocycles. The molecule has 0 bridgehead atoms. The third kappa shape index (κ3) is 38.8. The SMILES string of the molecule is CCCCCCCCCCCCC/C=C/CC/C=C/CC/C=C/C(O)C(COP(=O)(O)OCCN)NC(=O)CCCCCCCCCCCCCCC. The first kappa shape index (κ1) is 51.7. The fraction of sp³-hybridized carbons (Fsp3) is 0.841. The van der Waals surface area contributed by atoms with E-state index in [1.165, 1.54) is 141 Å². The molecule has 3 unspecified atom stereocenters. The number of phosphoric acid groups is 1. The fourth-order valence-corrected chi connectivity index (χ4v) is 7.10. The lowest BCUT2D eigenvalue weighted by Gasteiger charge is -2.23. The highest BCUT2D eigenvalue weighted by Gasteiger charge is 2.26. The first-order valence-electron chi connectivity index (χ1n) is 22.1. The second-order valence-corrected chi connectivity index (χ2v) is 16.3. The molecule has 0 aromatic rings. The Balaban J connectivity index is 4.26. The molecule has 0 aliphatic rings. The molecule has 0 heterocycles. The normalized spacial score (nSPS) is 14.4. The molecule has 0 spiro atoms. The molecule has 0 aliphatic carbocycles. The lowest BCUT2D eigenvalue weighted by atomic mass is 10.0. The molecular weight excluding hydrogens is 683 g/mol. The molecule has 1 amide bonds. The lowest BCUT2D eigenvalue weighted by Crippen LogP contribution is -2.45. The van der Waals surface area contributed by atoms with Crippen molar-refractivity contribution in [3.63, 3.8) is 0 Å². The van der Waals surface area contributed by atoms with Gasteiger partial charge in [-0.2, -0.15) is 0 Å². The Bertz CT molecular complexity index is 928. The van der Waals surface area contributed by atoms with Crippen molar-refractivity contribution in [1.82, 2.24) is 5.32 Å². The van der Waals surface area contributed by atoms with Gasteiger partial charge in [-0.05, 0) is 44.9 Å². The standard InChI is InChI=1S/C44H85N2O6P/c1-3-5-7-9-11-13-15-17-18-19-20-21-22-23-24-26-27-29-31-33-35-37-43(47)42(41-52-53(49,50)51-40-39-45)46-44(48)38-36-34-32-30-28-25-16-14-12-10-8-6-4-2/h22-23,27,29,35,37,42-43,47H,3-21,24-26,28,30-34,36,38-41,45H2,1-2H3,(H,46,48)(H,49,50)/b23-22+,29-27+,37-35+. The van der Waals surface area contributed by atoms with Crippen molar-refractivity contribution >= 4 is 13.7 Å². The number of rotatable bonds is 41. The van der Waals surface area contributed by atoms with Gasteiger partial charge in [0.25, 0.3) is 0 Å². The molecule has 0 fully saturated rings. The molecule has 9 heteroatoms. The smallest absolute Gasteiger partial charge is 0.387 e. The van der Waals surface area contributed by atoms with Gasteiger partial charge in [0.05, 0.1) is 25.4 Å². The topological polar surface area (TPSA) is 131 Å². The Morgan fingerprint density at radius 3 is 1.45 bits per heavy atom. The van der Waals surface area contributed by atoms with Crippen molar-refractivity contribution in [2.75, 3.05) is 19.8 Å². The molecule has 0 aromatic heterocycles. The number of nitrogens with two attached hydrogens (primary N) is 1. The first-order chi connectivity index (χ1) is 25.9. The minimum atomic E-state index is -4.35. The first-order valence-corrected chi connectivity index (χ1v) is 23.6. The van der Waals surface area contributed by atoms with Gasteiger partial charge in [-0.1, -0.05) is 192 Å². The van der Waals surface area contributed by atoms with E-state index in [-0.39, 0.29) is 25.7 Å². The summed E-state index contributed by atoms with van der Waals surface area (Å²) < 4.78 is 22.1. The molecule has 3 atom stereocenters. The molecule has 0 saturated heterocycles. The predicted molar refractivity (Wildman–Crippen MR) is 226 cm³/mol. The number of aliphatic hydroxyl groups is 1. The van der Waals surface area contributed by atoms with Gasteiger partial charge in [-0.15, -0.1) is 0 Å². The number of carbonyl (C=O) groups is 1. The van der Waals surface area contributed by atoms with Crippen LogP contribution in [0.2, 0.25) is 0 Å². The van der Waals surface area contributed by atoms with Crippen molar-refractivity contribution in [2.45, 2.75) is 219 Å². The average molecular weight is 769 g/mol. The van der Waals surface area contributed by atoms with E-state index in [9.17, 15) is 19.4 Å². The van der Waals surface area contributed by atoms with Crippen LogP contribution in [0.15, 0.2) is 36.5 Å². The summed E-state index contributed by atoms with van der Waals surface area (Å²) in [5.41, 5.74) is 5.37. The maximum absolute atomic E-state index is 12.7. The number of nitrogens with one attached hydrogen (secondary N) is 1. The Kier molecular flexibility index (Phi) is 39.4. The molecule has 0 rings (SSSR count). The zero-order chi connectivity index (χ0) is 38.9. The predicted octanol–water partition coefficient (Wildman–Crippen LogP) is 12.3. The monoisotopic (exact) mass is 769 g/mol. The van der Waals surface area contributed by atoms with Crippen LogP contribution in [0.5, 0.6) is 0 Å². The highest BCUT2D eigenvalue weighted by Crippen LogP contribution is 2.43. The Labute approximate surface area is 327 Å². The number of hydrogen-bond donors (Lipinski definition) is 4. The van der Waals surface area contributed by atoms with Crippen molar-refractivity contribution in [3.05, 3.63) is 36.5 Å². The minimum absolute atomic E-state index is 0.0726. The molecule has 312 valence electrons. The quantitative estimate of drug-likeness (QED) is 0.0277. The van der Waals surface area contributed by atoms with Crippen LogP contribution in [0.3, 0.4) is 0 Å². The van der Waals surface area contributed by atoms with E-state index < -0.39 is 20.0 Å². The Morgan fingerprint density at radius 1 is 0.604 bits per heavy atom. The third-order valence-electron chi connectivity index (χ3n) is 9.70. The van der Waals surface area contributed by atoms with Gasteiger partial charge in [-0.25, -0.2) is 4.57 Å². The van der Waals surface area contributed by atoms with Crippen LogP contribution in [0.1, 0.15) is 206 Å². The lowest BCUT2D eigenvalue weighted by molar-refractivity contribution is -0.123. The second kappa shape index (κ2) is 40.4. The van der Waals surface area contributed by atoms with E-state index in [0.717, 1.165) is 44.9 Å². The number of aliphatic hydroxyl groups excluding tert-OH is 1. The van der Waals surface area contributed by atoms with Gasteiger partial charge >= 0.3 is 7.82 Å². The van der Waals surface area contributed by atoms with Crippen LogP contribution in [-0.2, 0) is 18.4 Å². The molecule has 8 nitrogen and oxygen atoms in total. The maximum Gasteiger partial charge on any atom is 0.472 e. The third-order valence-corrected chi connectivity index (χ3v) is 10.7. The summed E-state index contributed by atoms with van der Waals surface area (Å²) in [7, 11) is -4.35. The molecule has 5 N–H and O–H groups in total. The zero-order valence-corrected chi connectivity index (χ0v) is 35.4. The van der Waals surface area contributed by atoms with E-state index in [1.54, 1.807) is 6.08 Å². The highest BCUT2D eigenvalue weighted by atomic mass is 31.2. The molecular formula is C44H85N2O6P. The highest BCUT2D eigenvalue weighted by molar-refractivity contribution is 7.47. The van der Waals surface area contributed by atoms with Crippen molar-refractivity contribution in [3.8, 4) is 0 Å². The Morgan fingerprint density at radius 2 is 1.00 bits per heavy atom. The van der Waals surface area contributed by atoms with Gasteiger partial charge in [0.1, 0.15) is 0 Å². The van der Waals surface area contributed by atoms with Crippen LogP contribution in [-0.4, -0.2) is 47.8 Å². The second-order valence-electron chi connectivity index (χ2n) is 14.9. The van der Waals surface area contributed by atoms with E-state index in [2.05, 4.69) is 43.5 Å². The van der Waals surface area contributed by atoms with Crippen molar-refractivity contribution in [1.29, 1.82) is 0 Å². The van der Waals surface area contributed by atoms with Crippen LogP contribution in [0.25, 0.3) is 0 Å². The summed E-state index contributed by atoms with van der Waals surface area (Å²) in [6.45, 7) is 4.11. The fourth-order valence-electron chi connectivity index (χ4n) is 6.34. The summed E-state index contributed by atoms with van der Waals surface area (Å²) in [6.07, 6.45) is 47.7. The number of unbranched alkanes of at least 4 members (excludes halogenated alkanes) is 25. The largest absolute Gasteiger partial charge is 0.472 e. The van der Waals surface area contributed by atoms with E-state index in [1.807, 2.05) is 6.08 Å². The van der Waals surface area contributed by atoms with Gasteiger partial charge < -0.3 is 21.1 Å². The van der Waals surface area contributed by atoms with E-state index in [0.29, 0.717) is 6.42 Å². The van der Waals surface area contributed by atoms with E-state index in [4.69, 9.17) is 14.8 Å². The summed E-state index contributed by atoms with van der Waals surface area (Å²) in [5.74, 6) is -0.208. The van der Waals surface area contributed by atoms with Crippen LogP contribution in [0, 0.1) is 0 Å². The van der Waals surface area contributed by atoms with Crippen LogP contribution in [0.4, 0.5) is 0 Å². The zero-order valence-electron chi connectivity index (χ0n) is 34.5. The van der Waals surface area contributed by atoms with Gasteiger partial charge in [0.2, 0.25) is 5.91 Å². The van der Waals surface area contributed by atoms with Crippen LogP contribution < -0.4 is 11.1 Å². The molecule has 0 aliphatic heterocycles. The summed E-state index contributed by atoms with van der Waals surface area (Å²) in [5, 5.41) is 13.6. The number of allylic oxidation sites excluding steroid dienone is 5. The minimum Gasteiger partial charge on any atom is -0.387 e. The van der Waals surface area contributed by atoms with Crippen molar-refractivity contribution in [2.24, 2.45) is 5.73 Å². The average Bonchev–Trinajstić information content (AvgIpc) is 3.14. The summed E-state index contributed by atoms with van der Waals surface area (Å²) >= 11 is 0. The molecule has 0 aromatic carbocycles. The number of carbonyl (C=O) groups excluding carboxylic acids is 1. The number of phosphoric ester groups is 1. The maximum atomic E-state index is 12.7. The summed E-state index contributed by atoms with van der Waals surface area (Å²) in [6, 6.07) is -0.880. The van der Waals surface area contributed by atoms with E-state index >= 15 is 0 Å². The number of amides is 1. The van der Waals surface area contributed by atoms with Gasteiger partial charge in [-0.3, -0.25) is 13.8 Å². The number of hydrogen-bond acceptors (Lipinski definition) is 6. The summed E-state index contributed by atoms with van der Waals surface area (Å²) in [4.78, 5) is 22.7. The Hall–Kier alpha value is -1.28. The molecule has 53 heavy (non-hydrogen) atoms.